The Balaban J connectivity index is 0.00000121. The standard InChI is InChI=1S/C15H18N4O.2ClH/c1-10-6-11(7-16)9-19(10)15(20)14-8-17-12-4-2-3-5-13(12)18-14;;/h2-5,8,10-11H,6-7,9,16H2,1H3;2*1H. The summed E-state index contributed by atoms with van der Waals surface area (Å²) in [6, 6.07) is 7.78. The van der Waals surface area contributed by atoms with Crippen molar-refractivity contribution in [1.29, 1.82) is 0 Å². The molecule has 2 N–H and O–H groups in total. The van der Waals surface area contributed by atoms with Crippen molar-refractivity contribution in [2.75, 3.05) is 13.1 Å². The first kappa shape index (κ1) is 18.6. The molecule has 1 aliphatic rings. The number of fused-ring (bicyclic) bond motifs is 1. The molecule has 0 bridgehead atoms. The second-order valence-electron chi connectivity index (χ2n) is 5.39. The normalized spacial score (nSPS) is 20.4. The third-order valence-electron chi connectivity index (χ3n) is 3.92. The molecule has 2 atom stereocenters. The maximum atomic E-state index is 12.5. The molecular formula is C15H20Cl2N4O. The lowest BCUT2D eigenvalue weighted by atomic mass is 10.1. The lowest BCUT2D eigenvalue weighted by Crippen LogP contribution is -2.35. The van der Waals surface area contributed by atoms with E-state index in [1.54, 1.807) is 6.20 Å². The molecule has 0 saturated carbocycles. The first-order valence-electron chi connectivity index (χ1n) is 6.92. The minimum Gasteiger partial charge on any atom is -0.334 e. The van der Waals surface area contributed by atoms with Crippen molar-refractivity contribution in [2.24, 2.45) is 11.7 Å². The van der Waals surface area contributed by atoms with Crippen LogP contribution in [0.4, 0.5) is 0 Å². The zero-order valence-electron chi connectivity index (χ0n) is 12.3. The van der Waals surface area contributed by atoms with Gasteiger partial charge in [0, 0.05) is 12.6 Å². The Labute approximate surface area is 142 Å². The van der Waals surface area contributed by atoms with Gasteiger partial charge in [-0.2, -0.15) is 0 Å². The molecule has 1 aliphatic heterocycles. The van der Waals surface area contributed by atoms with Crippen molar-refractivity contribution >= 4 is 41.8 Å². The SMILES string of the molecule is CC1CC(CN)CN1C(=O)c1cnc2ccccc2n1.Cl.Cl. The molecule has 0 aliphatic carbocycles. The van der Waals surface area contributed by atoms with E-state index in [0.29, 0.717) is 24.7 Å². The number of hydrogen-bond donors (Lipinski definition) is 1. The molecule has 3 rings (SSSR count). The first-order chi connectivity index (χ1) is 9.69. The number of hydrogen-bond acceptors (Lipinski definition) is 4. The Morgan fingerprint density at radius 3 is 2.64 bits per heavy atom. The Hall–Kier alpha value is -1.43. The summed E-state index contributed by atoms with van der Waals surface area (Å²) in [6.45, 7) is 3.39. The fourth-order valence-electron chi connectivity index (χ4n) is 2.80. The summed E-state index contributed by atoms with van der Waals surface area (Å²) in [5.41, 5.74) is 7.67. The van der Waals surface area contributed by atoms with Crippen LogP contribution in [0.5, 0.6) is 0 Å². The first-order valence-corrected chi connectivity index (χ1v) is 6.92. The van der Waals surface area contributed by atoms with Gasteiger partial charge in [0.25, 0.3) is 5.91 Å². The fourth-order valence-corrected chi connectivity index (χ4v) is 2.80. The highest BCUT2D eigenvalue weighted by atomic mass is 35.5. The Morgan fingerprint density at radius 1 is 1.32 bits per heavy atom. The number of amides is 1. The Kier molecular flexibility index (Phi) is 6.53. The second-order valence-corrected chi connectivity index (χ2v) is 5.39. The molecule has 2 unspecified atom stereocenters. The third-order valence-corrected chi connectivity index (χ3v) is 3.92. The van der Waals surface area contributed by atoms with Gasteiger partial charge < -0.3 is 10.6 Å². The topological polar surface area (TPSA) is 72.1 Å². The van der Waals surface area contributed by atoms with Crippen LogP contribution in [0.1, 0.15) is 23.8 Å². The van der Waals surface area contributed by atoms with Crippen LogP contribution in [0, 0.1) is 5.92 Å². The highest BCUT2D eigenvalue weighted by Gasteiger charge is 2.32. The van der Waals surface area contributed by atoms with Gasteiger partial charge in [-0.1, -0.05) is 12.1 Å². The number of para-hydroxylation sites is 2. The van der Waals surface area contributed by atoms with Gasteiger partial charge >= 0.3 is 0 Å². The van der Waals surface area contributed by atoms with Crippen molar-refractivity contribution in [1.82, 2.24) is 14.9 Å². The van der Waals surface area contributed by atoms with E-state index in [9.17, 15) is 4.79 Å². The van der Waals surface area contributed by atoms with Crippen LogP contribution in [0.2, 0.25) is 0 Å². The van der Waals surface area contributed by atoms with Crippen LogP contribution in [-0.2, 0) is 0 Å². The summed E-state index contributed by atoms with van der Waals surface area (Å²) in [4.78, 5) is 23.1. The molecule has 1 saturated heterocycles. The number of aromatic nitrogens is 2. The number of benzene rings is 1. The molecule has 1 aromatic carbocycles. The van der Waals surface area contributed by atoms with Crippen LogP contribution >= 0.6 is 24.8 Å². The lowest BCUT2D eigenvalue weighted by molar-refractivity contribution is 0.0737. The van der Waals surface area contributed by atoms with Gasteiger partial charge in [-0.25, -0.2) is 4.98 Å². The van der Waals surface area contributed by atoms with E-state index in [1.807, 2.05) is 29.2 Å². The molecule has 2 aromatic rings. The second kappa shape index (κ2) is 7.72. The van der Waals surface area contributed by atoms with E-state index < -0.39 is 0 Å². The molecular weight excluding hydrogens is 323 g/mol. The van der Waals surface area contributed by atoms with Crippen LogP contribution in [0.25, 0.3) is 11.0 Å². The largest absolute Gasteiger partial charge is 0.334 e. The van der Waals surface area contributed by atoms with Crippen LogP contribution in [-0.4, -0.2) is 39.9 Å². The summed E-state index contributed by atoms with van der Waals surface area (Å²) < 4.78 is 0. The average Bonchev–Trinajstić information content (AvgIpc) is 2.87. The molecule has 7 heteroatoms. The molecule has 2 heterocycles. The third kappa shape index (κ3) is 3.48. The van der Waals surface area contributed by atoms with Gasteiger partial charge in [0.1, 0.15) is 5.69 Å². The summed E-state index contributed by atoms with van der Waals surface area (Å²) >= 11 is 0. The molecule has 1 aromatic heterocycles. The molecule has 5 nitrogen and oxygen atoms in total. The number of rotatable bonds is 2. The van der Waals surface area contributed by atoms with Crippen molar-refractivity contribution in [3.8, 4) is 0 Å². The minimum atomic E-state index is -0.0493. The molecule has 0 radical (unpaired) electrons. The fraction of sp³-hybridized carbons (Fsp3) is 0.400. The smallest absolute Gasteiger partial charge is 0.274 e. The van der Waals surface area contributed by atoms with E-state index in [1.165, 1.54) is 0 Å². The molecule has 1 fully saturated rings. The van der Waals surface area contributed by atoms with Crippen LogP contribution in [0.15, 0.2) is 30.5 Å². The zero-order valence-corrected chi connectivity index (χ0v) is 13.9. The van der Waals surface area contributed by atoms with Crippen molar-refractivity contribution < 1.29 is 4.79 Å². The number of halogens is 2. The van der Waals surface area contributed by atoms with E-state index in [0.717, 1.165) is 17.5 Å². The number of likely N-dealkylation sites (tertiary alicyclic amines) is 1. The van der Waals surface area contributed by atoms with Crippen LogP contribution < -0.4 is 5.73 Å². The van der Waals surface area contributed by atoms with Gasteiger partial charge in [0.05, 0.1) is 17.2 Å². The number of nitrogens with zero attached hydrogens (tertiary/aromatic N) is 3. The molecule has 0 spiro atoms. The predicted octanol–water partition coefficient (Wildman–Crippen LogP) is 2.28. The number of nitrogens with two attached hydrogens (primary N) is 1. The van der Waals surface area contributed by atoms with E-state index in [4.69, 9.17) is 5.73 Å². The van der Waals surface area contributed by atoms with Gasteiger partial charge in [0.2, 0.25) is 0 Å². The van der Waals surface area contributed by atoms with Gasteiger partial charge in [-0.15, -0.1) is 24.8 Å². The highest BCUT2D eigenvalue weighted by Crippen LogP contribution is 2.23. The minimum absolute atomic E-state index is 0. The molecule has 1 amide bonds. The number of carbonyl (C=O) groups excluding carboxylic acids is 1. The quantitative estimate of drug-likeness (QED) is 0.908. The average molecular weight is 343 g/mol. The monoisotopic (exact) mass is 342 g/mol. The van der Waals surface area contributed by atoms with Crippen LogP contribution in [0.3, 0.4) is 0 Å². The van der Waals surface area contributed by atoms with Gasteiger partial charge in [0.15, 0.2) is 0 Å². The Bertz CT molecular complexity index is 652. The lowest BCUT2D eigenvalue weighted by Gasteiger charge is -2.20. The van der Waals surface area contributed by atoms with Gasteiger partial charge in [-0.05, 0) is 37.9 Å². The number of carbonyl (C=O) groups is 1. The van der Waals surface area contributed by atoms with Crippen molar-refractivity contribution in [2.45, 2.75) is 19.4 Å². The molecule has 22 heavy (non-hydrogen) atoms. The molecule has 120 valence electrons. The van der Waals surface area contributed by atoms with E-state index in [2.05, 4.69) is 16.9 Å². The van der Waals surface area contributed by atoms with Crippen molar-refractivity contribution in [3.05, 3.63) is 36.2 Å². The van der Waals surface area contributed by atoms with E-state index >= 15 is 0 Å². The Morgan fingerprint density at radius 2 is 2.00 bits per heavy atom. The summed E-state index contributed by atoms with van der Waals surface area (Å²) in [5.74, 6) is 0.342. The maximum absolute atomic E-state index is 12.5. The maximum Gasteiger partial charge on any atom is 0.274 e. The van der Waals surface area contributed by atoms with Crippen molar-refractivity contribution in [3.63, 3.8) is 0 Å². The van der Waals surface area contributed by atoms with Gasteiger partial charge in [-0.3, -0.25) is 9.78 Å². The zero-order chi connectivity index (χ0) is 14.1. The summed E-state index contributed by atoms with van der Waals surface area (Å²) in [6.07, 6.45) is 2.52. The predicted molar refractivity (Wildman–Crippen MR) is 91.7 cm³/mol. The summed E-state index contributed by atoms with van der Waals surface area (Å²) in [7, 11) is 0. The summed E-state index contributed by atoms with van der Waals surface area (Å²) in [5, 5.41) is 0. The highest BCUT2D eigenvalue weighted by molar-refractivity contribution is 5.94. The van der Waals surface area contributed by atoms with E-state index in [-0.39, 0.29) is 36.8 Å².